The first kappa shape index (κ1) is 23.9. The van der Waals surface area contributed by atoms with Crippen LogP contribution in [0.3, 0.4) is 0 Å². The Kier molecular flexibility index (Phi) is 8.23. The average Bonchev–Trinajstić information content (AvgIpc) is 2.78. The number of halogens is 2. The largest absolute Gasteiger partial charge is 0.339 e. The molecule has 3 amide bonds. The molecule has 31 heavy (non-hydrogen) atoms. The standard InChI is InChI=1S/C23H31Cl2N3O3/c1-16(2)5-8-21(29)26-10-12-27(13-11-26)23(31)18-4-3-9-28(15-18)22(30)17-6-7-19(24)20(25)14-17/h6-7,14,16,18H,3-5,8-13,15H2,1-2H3. The van der Waals surface area contributed by atoms with Crippen molar-refractivity contribution in [1.29, 1.82) is 0 Å². The number of carbonyl (C=O) groups is 3. The van der Waals surface area contributed by atoms with Gasteiger partial charge in [0.2, 0.25) is 11.8 Å². The average molecular weight is 468 g/mol. The number of hydrogen-bond acceptors (Lipinski definition) is 3. The molecule has 0 N–H and O–H groups in total. The van der Waals surface area contributed by atoms with E-state index in [0.29, 0.717) is 67.2 Å². The van der Waals surface area contributed by atoms with E-state index in [9.17, 15) is 14.4 Å². The quantitative estimate of drug-likeness (QED) is 0.658. The first-order valence-electron chi connectivity index (χ1n) is 11.1. The maximum Gasteiger partial charge on any atom is 0.253 e. The zero-order valence-corrected chi connectivity index (χ0v) is 19.8. The van der Waals surface area contributed by atoms with E-state index in [0.717, 1.165) is 19.3 Å². The Balaban J connectivity index is 1.53. The van der Waals surface area contributed by atoms with Gasteiger partial charge in [-0.3, -0.25) is 14.4 Å². The minimum Gasteiger partial charge on any atom is -0.339 e. The fourth-order valence-corrected chi connectivity index (χ4v) is 4.48. The molecule has 8 heteroatoms. The lowest BCUT2D eigenvalue weighted by atomic mass is 9.95. The van der Waals surface area contributed by atoms with Crippen LogP contribution in [0.1, 0.15) is 49.9 Å². The van der Waals surface area contributed by atoms with Gasteiger partial charge in [-0.05, 0) is 43.4 Å². The molecule has 1 atom stereocenters. The number of hydrogen-bond donors (Lipinski definition) is 0. The molecule has 0 bridgehead atoms. The fraction of sp³-hybridized carbons (Fsp3) is 0.609. The summed E-state index contributed by atoms with van der Waals surface area (Å²) in [6.07, 6.45) is 3.03. The predicted octanol–water partition coefficient (Wildman–Crippen LogP) is 3.95. The van der Waals surface area contributed by atoms with E-state index < -0.39 is 0 Å². The molecule has 2 aliphatic heterocycles. The van der Waals surface area contributed by atoms with Crippen LogP contribution in [0.15, 0.2) is 18.2 Å². The third-order valence-electron chi connectivity index (χ3n) is 6.10. The monoisotopic (exact) mass is 467 g/mol. The second kappa shape index (κ2) is 10.7. The van der Waals surface area contributed by atoms with Crippen LogP contribution in [0.2, 0.25) is 10.0 Å². The van der Waals surface area contributed by atoms with Gasteiger partial charge in [0, 0.05) is 51.3 Å². The van der Waals surface area contributed by atoms with Gasteiger partial charge in [-0.2, -0.15) is 0 Å². The number of piperidine rings is 1. The molecule has 1 aromatic rings. The van der Waals surface area contributed by atoms with Crippen molar-refractivity contribution in [3.05, 3.63) is 33.8 Å². The van der Waals surface area contributed by atoms with Gasteiger partial charge in [-0.15, -0.1) is 0 Å². The third kappa shape index (κ3) is 6.13. The summed E-state index contributed by atoms with van der Waals surface area (Å²) >= 11 is 12.0. The van der Waals surface area contributed by atoms with E-state index in [2.05, 4.69) is 13.8 Å². The van der Waals surface area contributed by atoms with Crippen LogP contribution < -0.4 is 0 Å². The lowest BCUT2D eigenvalue weighted by Gasteiger charge is -2.39. The Morgan fingerprint density at radius 3 is 2.29 bits per heavy atom. The first-order valence-corrected chi connectivity index (χ1v) is 11.8. The minimum absolute atomic E-state index is 0.0842. The van der Waals surface area contributed by atoms with Crippen molar-refractivity contribution in [1.82, 2.24) is 14.7 Å². The topological polar surface area (TPSA) is 60.9 Å². The minimum atomic E-state index is -0.205. The van der Waals surface area contributed by atoms with Gasteiger partial charge in [0.25, 0.3) is 5.91 Å². The lowest BCUT2D eigenvalue weighted by Crippen LogP contribution is -2.54. The number of rotatable bonds is 5. The van der Waals surface area contributed by atoms with E-state index in [1.165, 1.54) is 0 Å². The number of piperazine rings is 1. The van der Waals surface area contributed by atoms with Crippen molar-refractivity contribution in [3.63, 3.8) is 0 Å². The molecule has 2 aliphatic rings. The fourth-order valence-electron chi connectivity index (χ4n) is 4.18. The normalized spacial score (nSPS) is 19.6. The molecule has 1 unspecified atom stereocenters. The van der Waals surface area contributed by atoms with Crippen molar-refractivity contribution < 1.29 is 14.4 Å². The molecule has 1 aromatic carbocycles. The van der Waals surface area contributed by atoms with E-state index >= 15 is 0 Å². The Labute approximate surface area is 194 Å². The number of carbonyl (C=O) groups excluding carboxylic acids is 3. The summed E-state index contributed by atoms with van der Waals surface area (Å²) in [6.45, 7) is 7.55. The van der Waals surface area contributed by atoms with Crippen LogP contribution in [-0.2, 0) is 9.59 Å². The van der Waals surface area contributed by atoms with Crippen LogP contribution in [0.5, 0.6) is 0 Å². The van der Waals surface area contributed by atoms with Crippen LogP contribution in [0.25, 0.3) is 0 Å². The van der Waals surface area contributed by atoms with E-state index in [4.69, 9.17) is 23.2 Å². The second-order valence-electron chi connectivity index (χ2n) is 8.86. The Bertz CT molecular complexity index is 822. The van der Waals surface area contributed by atoms with Crippen molar-refractivity contribution in [2.45, 2.75) is 39.5 Å². The molecule has 3 rings (SSSR count). The zero-order valence-electron chi connectivity index (χ0n) is 18.3. The molecular formula is C23H31Cl2N3O3. The van der Waals surface area contributed by atoms with Gasteiger partial charge in [-0.25, -0.2) is 0 Å². The van der Waals surface area contributed by atoms with E-state index in [1.54, 1.807) is 23.1 Å². The summed E-state index contributed by atoms with van der Waals surface area (Å²) in [4.78, 5) is 43.8. The lowest BCUT2D eigenvalue weighted by molar-refractivity contribution is -0.143. The highest BCUT2D eigenvalue weighted by atomic mass is 35.5. The second-order valence-corrected chi connectivity index (χ2v) is 9.67. The Morgan fingerprint density at radius 1 is 0.968 bits per heavy atom. The van der Waals surface area contributed by atoms with Gasteiger partial charge < -0.3 is 14.7 Å². The Morgan fingerprint density at radius 2 is 1.65 bits per heavy atom. The molecule has 170 valence electrons. The van der Waals surface area contributed by atoms with Crippen LogP contribution in [-0.4, -0.2) is 71.7 Å². The number of amides is 3. The Hall–Kier alpha value is -1.79. The first-order chi connectivity index (χ1) is 14.8. The highest BCUT2D eigenvalue weighted by Crippen LogP contribution is 2.26. The van der Waals surface area contributed by atoms with Crippen molar-refractivity contribution in [3.8, 4) is 0 Å². The molecular weight excluding hydrogens is 437 g/mol. The SMILES string of the molecule is CC(C)CCC(=O)N1CCN(C(=O)C2CCCN(C(=O)c3ccc(Cl)c(Cl)c3)C2)CC1. The number of nitrogens with zero attached hydrogens (tertiary/aromatic N) is 3. The molecule has 0 radical (unpaired) electrons. The summed E-state index contributed by atoms with van der Waals surface area (Å²) in [6, 6.07) is 4.86. The van der Waals surface area contributed by atoms with Gasteiger partial charge in [0.1, 0.15) is 0 Å². The van der Waals surface area contributed by atoms with Gasteiger partial charge in [0.05, 0.1) is 16.0 Å². The van der Waals surface area contributed by atoms with Crippen LogP contribution >= 0.6 is 23.2 Å². The zero-order chi connectivity index (χ0) is 22.5. The summed E-state index contributed by atoms with van der Waals surface area (Å²) in [5.74, 6) is 0.436. The summed E-state index contributed by atoms with van der Waals surface area (Å²) < 4.78 is 0. The summed E-state index contributed by atoms with van der Waals surface area (Å²) in [7, 11) is 0. The predicted molar refractivity (Wildman–Crippen MR) is 122 cm³/mol. The van der Waals surface area contributed by atoms with Gasteiger partial charge in [0.15, 0.2) is 0 Å². The van der Waals surface area contributed by atoms with Crippen molar-refractivity contribution in [2.75, 3.05) is 39.3 Å². The maximum atomic E-state index is 13.1. The van der Waals surface area contributed by atoms with Gasteiger partial charge in [-0.1, -0.05) is 37.0 Å². The van der Waals surface area contributed by atoms with E-state index in [1.807, 2.05) is 9.80 Å². The highest BCUT2D eigenvalue weighted by Gasteiger charge is 2.33. The molecule has 6 nitrogen and oxygen atoms in total. The van der Waals surface area contributed by atoms with Crippen molar-refractivity contribution in [2.24, 2.45) is 11.8 Å². The summed E-state index contributed by atoms with van der Waals surface area (Å²) in [5.41, 5.74) is 0.482. The van der Waals surface area contributed by atoms with Gasteiger partial charge >= 0.3 is 0 Å². The summed E-state index contributed by atoms with van der Waals surface area (Å²) in [5, 5.41) is 0.754. The molecule has 0 saturated carbocycles. The molecule has 2 fully saturated rings. The van der Waals surface area contributed by atoms with E-state index in [-0.39, 0.29) is 23.6 Å². The molecule has 0 aliphatic carbocycles. The highest BCUT2D eigenvalue weighted by molar-refractivity contribution is 6.42. The van der Waals surface area contributed by atoms with Crippen LogP contribution in [0.4, 0.5) is 0 Å². The molecule has 0 aromatic heterocycles. The molecule has 0 spiro atoms. The van der Waals surface area contributed by atoms with Crippen LogP contribution in [0, 0.1) is 11.8 Å². The number of benzene rings is 1. The maximum absolute atomic E-state index is 13.1. The number of likely N-dealkylation sites (tertiary alicyclic amines) is 1. The van der Waals surface area contributed by atoms with Crippen molar-refractivity contribution >= 4 is 40.9 Å². The molecule has 2 saturated heterocycles. The molecule has 2 heterocycles. The smallest absolute Gasteiger partial charge is 0.253 e. The third-order valence-corrected chi connectivity index (χ3v) is 6.84.